The van der Waals surface area contributed by atoms with Gasteiger partial charge in [0.1, 0.15) is 6.23 Å². The molecular formula is C15H23NO2. The van der Waals surface area contributed by atoms with Crippen molar-refractivity contribution in [2.24, 2.45) is 23.2 Å². The van der Waals surface area contributed by atoms with Gasteiger partial charge in [0.2, 0.25) is 5.91 Å². The minimum atomic E-state index is -0.485. The second-order valence-electron chi connectivity index (χ2n) is 7.34. The van der Waals surface area contributed by atoms with Gasteiger partial charge in [-0.05, 0) is 62.7 Å². The third kappa shape index (κ3) is 1.49. The van der Waals surface area contributed by atoms with Crippen molar-refractivity contribution >= 4 is 5.91 Å². The normalized spacial score (nSPS) is 47.9. The van der Waals surface area contributed by atoms with Gasteiger partial charge < -0.3 is 10.0 Å². The SMILES string of the molecule is O=C1CCCN1C(O)C12CC3CC(CC(C3)C1)C2. The first-order valence-electron chi connectivity index (χ1n) is 7.64. The highest BCUT2D eigenvalue weighted by Crippen LogP contribution is 2.61. The van der Waals surface area contributed by atoms with Crippen LogP contribution in [0.15, 0.2) is 0 Å². The maximum Gasteiger partial charge on any atom is 0.224 e. The Kier molecular flexibility index (Phi) is 2.33. The smallest absolute Gasteiger partial charge is 0.224 e. The molecule has 1 saturated heterocycles. The Labute approximate surface area is 109 Å². The number of hydrogen-bond donors (Lipinski definition) is 1. The van der Waals surface area contributed by atoms with E-state index in [9.17, 15) is 9.90 Å². The van der Waals surface area contributed by atoms with Crippen LogP contribution in [-0.2, 0) is 4.79 Å². The van der Waals surface area contributed by atoms with Gasteiger partial charge in [-0.3, -0.25) is 4.79 Å². The third-order valence-corrected chi connectivity index (χ3v) is 6.04. The third-order valence-electron chi connectivity index (χ3n) is 6.04. The number of rotatable bonds is 2. The molecule has 0 aromatic heterocycles. The summed E-state index contributed by atoms with van der Waals surface area (Å²) < 4.78 is 0. The zero-order valence-corrected chi connectivity index (χ0v) is 11.0. The lowest BCUT2D eigenvalue weighted by atomic mass is 9.49. The number of carbonyl (C=O) groups excluding carboxylic acids is 1. The van der Waals surface area contributed by atoms with Gasteiger partial charge in [0.15, 0.2) is 0 Å². The summed E-state index contributed by atoms with van der Waals surface area (Å²) in [7, 11) is 0. The molecule has 1 N–H and O–H groups in total. The summed E-state index contributed by atoms with van der Waals surface area (Å²) in [5.74, 6) is 2.69. The summed E-state index contributed by atoms with van der Waals surface area (Å²) >= 11 is 0. The summed E-state index contributed by atoms with van der Waals surface area (Å²) in [6.45, 7) is 0.780. The lowest BCUT2D eigenvalue weighted by molar-refractivity contribution is -0.179. The zero-order valence-electron chi connectivity index (χ0n) is 11.0. The average molecular weight is 249 g/mol. The van der Waals surface area contributed by atoms with E-state index in [4.69, 9.17) is 0 Å². The first kappa shape index (κ1) is 11.3. The predicted octanol–water partition coefficient (Wildman–Crippen LogP) is 2.14. The minimum absolute atomic E-state index is 0.0642. The van der Waals surface area contributed by atoms with Crippen molar-refractivity contribution in [3.05, 3.63) is 0 Å². The van der Waals surface area contributed by atoms with Crippen LogP contribution in [-0.4, -0.2) is 28.7 Å². The van der Waals surface area contributed by atoms with Gasteiger partial charge in [0.05, 0.1) is 0 Å². The monoisotopic (exact) mass is 249 g/mol. The highest BCUT2D eigenvalue weighted by Gasteiger charge is 2.56. The molecule has 4 saturated carbocycles. The topological polar surface area (TPSA) is 40.5 Å². The van der Waals surface area contributed by atoms with Crippen LogP contribution in [0.25, 0.3) is 0 Å². The summed E-state index contributed by atoms with van der Waals surface area (Å²) in [6, 6.07) is 0. The summed E-state index contributed by atoms with van der Waals surface area (Å²) in [4.78, 5) is 13.7. The first-order chi connectivity index (χ1) is 8.66. The van der Waals surface area contributed by atoms with Crippen LogP contribution in [0.3, 0.4) is 0 Å². The van der Waals surface area contributed by atoms with Crippen molar-refractivity contribution in [2.45, 2.75) is 57.6 Å². The van der Waals surface area contributed by atoms with E-state index in [-0.39, 0.29) is 11.3 Å². The lowest BCUT2D eigenvalue weighted by Gasteiger charge is -2.59. The molecule has 100 valence electrons. The quantitative estimate of drug-likeness (QED) is 0.814. The molecule has 1 unspecified atom stereocenters. The van der Waals surface area contributed by atoms with Crippen molar-refractivity contribution in [2.75, 3.05) is 6.54 Å². The second-order valence-corrected chi connectivity index (χ2v) is 7.34. The van der Waals surface area contributed by atoms with Crippen LogP contribution in [0.2, 0.25) is 0 Å². The van der Waals surface area contributed by atoms with Crippen molar-refractivity contribution < 1.29 is 9.90 Å². The van der Waals surface area contributed by atoms with E-state index in [1.807, 2.05) is 0 Å². The van der Waals surface area contributed by atoms with Gasteiger partial charge >= 0.3 is 0 Å². The largest absolute Gasteiger partial charge is 0.373 e. The van der Waals surface area contributed by atoms with Gasteiger partial charge in [-0.2, -0.15) is 0 Å². The molecule has 3 nitrogen and oxygen atoms in total. The fourth-order valence-corrected chi connectivity index (χ4v) is 5.75. The number of amides is 1. The molecule has 18 heavy (non-hydrogen) atoms. The molecule has 0 aromatic carbocycles. The fraction of sp³-hybridized carbons (Fsp3) is 0.933. The van der Waals surface area contributed by atoms with E-state index in [1.165, 1.54) is 38.5 Å². The molecule has 3 heteroatoms. The van der Waals surface area contributed by atoms with Crippen molar-refractivity contribution in [1.82, 2.24) is 4.90 Å². The lowest BCUT2D eigenvalue weighted by Crippen LogP contribution is -2.57. The number of aliphatic hydroxyl groups excluding tert-OH is 1. The second kappa shape index (κ2) is 3.72. The van der Waals surface area contributed by atoms with Crippen LogP contribution in [0.4, 0.5) is 0 Å². The van der Waals surface area contributed by atoms with E-state index in [2.05, 4.69) is 0 Å². The van der Waals surface area contributed by atoms with E-state index in [0.29, 0.717) is 6.42 Å². The number of hydrogen-bond acceptors (Lipinski definition) is 2. The predicted molar refractivity (Wildman–Crippen MR) is 67.6 cm³/mol. The summed E-state index contributed by atoms with van der Waals surface area (Å²) in [6.07, 6.45) is 8.77. The molecule has 5 fully saturated rings. The van der Waals surface area contributed by atoms with Gasteiger partial charge in [-0.1, -0.05) is 0 Å². The molecular weight excluding hydrogens is 226 g/mol. The molecule has 1 atom stereocenters. The van der Waals surface area contributed by atoms with Crippen LogP contribution < -0.4 is 0 Å². The molecule has 0 aromatic rings. The standard InChI is InChI=1S/C15H23NO2/c17-13-2-1-3-16(13)14(18)15-7-10-4-11(8-15)6-12(5-10)9-15/h10-12,14,18H,1-9H2. The fourth-order valence-electron chi connectivity index (χ4n) is 5.75. The number of carbonyl (C=O) groups is 1. The van der Waals surface area contributed by atoms with Crippen molar-refractivity contribution in [1.29, 1.82) is 0 Å². The Hall–Kier alpha value is -0.570. The molecule has 0 spiro atoms. The zero-order chi connectivity index (χ0) is 12.3. The van der Waals surface area contributed by atoms with Crippen LogP contribution >= 0.6 is 0 Å². The minimum Gasteiger partial charge on any atom is -0.373 e. The highest BCUT2D eigenvalue weighted by molar-refractivity contribution is 5.78. The first-order valence-corrected chi connectivity index (χ1v) is 7.64. The van der Waals surface area contributed by atoms with Gasteiger partial charge in [0.25, 0.3) is 0 Å². The number of nitrogens with zero attached hydrogens (tertiary/aromatic N) is 1. The van der Waals surface area contributed by atoms with Crippen molar-refractivity contribution in [3.63, 3.8) is 0 Å². The molecule has 5 rings (SSSR count). The average Bonchev–Trinajstić information content (AvgIpc) is 2.72. The molecule has 5 aliphatic rings. The molecule has 1 heterocycles. The Morgan fingerprint density at radius 1 is 1.11 bits per heavy atom. The van der Waals surface area contributed by atoms with Gasteiger partial charge in [-0.25, -0.2) is 0 Å². The van der Waals surface area contributed by atoms with Crippen LogP contribution in [0.1, 0.15) is 51.4 Å². The van der Waals surface area contributed by atoms with Crippen LogP contribution in [0.5, 0.6) is 0 Å². The van der Waals surface area contributed by atoms with E-state index < -0.39 is 6.23 Å². The van der Waals surface area contributed by atoms with Gasteiger partial charge in [-0.15, -0.1) is 0 Å². The Balaban J connectivity index is 1.61. The molecule has 0 radical (unpaired) electrons. The number of aliphatic hydroxyl groups is 1. The highest BCUT2D eigenvalue weighted by atomic mass is 16.3. The molecule has 1 aliphatic heterocycles. The van der Waals surface area contributed by atoms with E-state index in [1.54, 1.807) is 4.90 Å². The number of likely N-dealkylation sites (tertiary alicyclic amines) is 1. The van der Waals surface area contributed by atoms with Gasteiger partial charge in [0, 0.05) is 18.4 Å². The maximum absolute atomic E-state index is 11.9. The molecule has 4 bridgehead atoms. The van der Waals surface area contributed by atoms with E-state index in [0.717, 1.165) is 30.7 Å². The van der Waals surface area contributed by atoms with Crippen molar-refractivity contribution in [3.8, 4) is 0 Å². The Bertz CT molecular complexity index is 343. The summed E-state index contributed by atoms with van der Waals surface area (Å²) in [5, 5.41) is 10.8. The molecule has 4 aliphatic carbocycles. The Morgan fingerprint density at radius 3 is 2.11 bits per heavy atom. The molecule has 1 amide bonds. The summed E-state index contributed by atoms with van der Waals surface area (Å²) in [5.41, 5.74) is 0.0642. The maximum atomic E-state index is 11.9. The Morgan fingerprint density at radius 2 is 1.67 bits per heavy atom. The van der Waals surface area contributed by atoms with Crippen LogP contribution in [0, 0.1) is 23.2 Å². The van der Waals surface area contributed by atoms with E-state index >= 15 is 0 Å².